The van der Waals surface area contributed by atoms with Crippen LogP contribution in [-0.2, 0) is 16.0 Å². The number of nitrogens with zero attached hydrogens (tertiary/aromatic N) is 2. The summed E-state index contributed by atoms with van der Waals surface area (Å²) < 4.78 is 0. The van der Waals surface area contributed by atoms with Crippen LogP contribution in [-0.4, -0.2) is 41.9 Å². The van der Waals surface area contributed by atoms with Gasteiger partial charge in [-0.25, -0.2) is 0 Å². The number of rotatable bonds is 5. The molecule has 2 amide bonds. The smallest absolute Gasteiger partial charge is 0.234 e. The van der Waals surface area contributed by atoms with Crippen molar-refractivity contribution in [2.75, 3.05) is 25.0 Å². The Morgan fingerprint density at radius 3 is 2.48 bits per heavy atom. The first-order valence-corrected chi connectivity index (χ1v) is 9.59. The minimum absolute atomic E-state index is 0.0140. The highest BCUT2D eigenvalue weighted by Gasteiger charge is 2.27. The molecule has 0 saturated carbocycles. The number of anilines is 1. The summed E-state index contributed by atoms with van der Waals surface area (Å²) in [5.41, 5.74) is 1.92. The van der Waals surface area contributed by atoms with Crippen LogP contribution in [0.5, 0.6) is 0 Å². The number of hydrogen-bond donors (Lipinski definition) is 2. The molecule has 1 aliphatic rings. The maximum absolute atomic E-state index is 12.6. The lowest BCUT2D eigenvalue weighted by molar-refractivity contribution is -0.124. The summed E-state index contributed by atoms with van der Waals surface area (Å²) in [7, 11) is 0. The van der Waals surface area contributed by atoms with Crippen molar-refractivity contribution in [2.45, 2.75) is 52.5 Å². The Morgan fingerprint density at radius 1 is 1.26 bits per heavy atom. The summed E-state index contributed by atoms with van der Waals surface area (Å²) in [6, 6.07) is 7.73. The zero-order valence-corrected chi connectivity index (χ0v) is 16.8. The lowest BCUT2D eigenvalue weighted by Crippen LogP contribution is -2.48. The van der Waals surface area contributed by atoms with Gasteiger partial charge in [0.1, 0.15) is 6.07 Å². The Kier molecular flexibility index (Phi) is 6.98. The Bertz CT molecular complexity index is 723. The predicted octanol–water partition coefficient (Wildman–Crippen LogP) is 2.69. The molecule has 0 aromatic heterocycles. The second-order valence-corrected chi connectivity index (χ2v) is 8.18. The molecule has 0 bridgehead atoms. The molecule has 0 aliphatic carbocycles. The number of piperidine rings is 1. The molecule has 2 rings (SSSR count). The first-order valence-electron chi connectivity index (χ1n) is 9.59. The summed E-state index contributed by atoms with van der Waals surface area (Å²) in [6.07, 6.45) is 2.28. The Labute approximate surface area is 161 Å². The van der Waals surface area contributed by atoms with Crippen LogP contribution in [0, 0.1) is 17.2 Å². The van der Waals surface area contributed by atoms with Crippen LogP contribution < -0.4 is 10.6 Å². The molecule has 1 fully saturated rings. The molecular weight excluding hydrogens is 340 g/mol. The molecule has 0 unspecified atom stereocenters. The van der Waals surface area contributed by atoms with Crippen LogP contribution in [0.25, 0.3) is 0 Å². The zero-order chi connectivity index (χ0) is 20.0. The normalized spacial score (nSPS) is 15.8. The number of nitriles is 1. The molecule has 1 saturated heterocycles. The zero-order valence-electron chi connectivity index (χ0n) is 16.8. The molecular formula is C21H30N4O2. The molecule has 6 nitrogen and oxygen atoms in total. The Morgan fingerprint density at radius 2 is 1.93 bits per heavy atom. The van der Waals surface area contributed by atoms with Crippen LogP contribution in [0.1, 0.15) is 51.7 Å². The second-order valence-electron chi connectivity index (χ2n) is 8.18. The van der Waals surface area contributed by atoms with E-state index in [1.54, 1.807) is 6.07 Å². The van der Waals surface area contributed by atoms with Gasteiger partial charge in [-0.15, -0.1) is 0 Å². The van der Waals surface area contributed by atoms with Crippen molar-refractivity contribution < 1.29 is 9.59 Å². The van der Waals surface area contributed by atoms with Gasteiger partial charge < -0.3 is 10.6 Å². The van der Waals surface area contributed by atoms with Gasteiger partial charge in [0.25, 0.3) is 0 Å². The number of hydrogen-bond acceptors (Lipinski definition) is 4. The lowest BCUT2D eigenvalue weighted by Gasteiger charge is -2.31. The largest absolute Gasteiger partial charge is 0.350 e. The third kappa shape index (κ3) is 6.37. The van der Waals surface area contributed by atoms with Crippen molar-refractivity contribution >= 4 is 17.5 Å². The summed E-state index contributed by atoms with van der Waals surface area (Å²) in [5.74, 6) is -0.126. The lowest BCUT2D eigenvalue weighted by atomic mass is 9.95. The molecule has 1 aliphatic heterocycles. The molecule has 1 aromatic carbocycles. The molecule has 0 atom stereocenters. The first-order chi connectivity index (χ1) is 12.7. The van der Waals surface area contributed by atoms with Crippen LogP contribution in [0.2, 0.25) is 0 Å². The van der Waals surface area contributed by atoms with E-state index in [-0.39, 0.29) is 23.3 Å². The Hall–Kier alpha value is -2.39. The van der Waals surface area contributed by atoms with Gasteiger partial charge in [0.05, 0.1) is 17.8 Å². The number of benzene rings is 1. The van der Waals surface area contributed by atoms with Crippen molar-refractivity contribution in [1.82, 2.24) is 10.2 Å². The van der Waals surface area contributed by atoms with Crippen LogP contribution in [0.4, 0.5) is 5.69 Å². The number of carbonyl (C=O) groups excluding carboxylic acids is 2. The number of carbonyl (C=O) groups is 2. The summed E-state index contributed by atoms with van der Waals surface area (Å²) in [4.78, 5) is 26.7. The minimum atomic E-state index is -0.235. The number of nitrogens with one attached hydrogen (secondary N) is 2. The average molecular weight is 370 g/mol. The van der Waals surface area contributed by atoms with Gasteiger partial charge in [-0.2, -0.15) is 5.26 Å². The van der Waals surface area contributed by atoms with Crippen molar-refractivity contribution in [3.63, 3.8) is 0 Å². The van der Waals surface area contributed by atoms with E-state index in [4.69, 9.17) is 0 Å². The van der Waals surface area contributed by atoms with Crippen molar-refractivity contribution in [1.29, 1.82) is 5.26 Å². The molecule has 1 aromatic rings. The number of likely N-dealkylation sites (tertiary alicyclic amines) is 1. The van der Waals surface area contributed by atoms with E-state index < -0.39 is 0 Å². The standard InChI is InChI=1S/C21H30N4O2/c1-5-15-6-7-18(17(12-15)13-22)23-20(27)16-8-10-25(11-9-16)14-19(26)24-21(2,3)4/h6-7,12,16H,5,8-11,14H2,1-4H3,(H,23,27)(H,24,26). The molecule has 0 radical (unpaired) electrons. The van der Waals surface area contributed by atoms with E-state index in [2.05, 4.69) is 21.6 Å². The van der Waals surface area contributed by atoms with Gasteiger partial charge in [-0.05, 0) is 70.8 Å². The fourth-order valence-electron chi connectivity index (χ4n) is 3.26. The van der Waals surface area contributed by atoms with Crippen LogP contribution in [0.15, 0.2) is 18.2 Å². The molecule has 6 heteroatoms. The summed E-state index contributed by atoms with van der Waals surface area (Å²) in [5, 5.41) is 15.2. The quantitative estimate of drug-likeness (QED) is 0.834. The second kappa shape index (κ2) is 9.01. The monoisotopic (exact) mass is 370 g/mol. The molecule has 0 spiro atoms. The van der Waals surface area contributed by atoms with Gasteiger partial charge in [-0.3, -0.25) is 14.5 Å². The summed E-state index contributed by atoms with van der Waals surface area (Å²) in [6.45, 7) is 9.72. The highest BCUT2D eigenvalue weighted by molar-refractivity contribution is 5.94. The molecule has 146 valence electrons. The SMILES string of the molecule is CCc1ccc(NC(=O)C2CCN(CC(=O)NC(C)(C)C)CC2)c(C#N)c1. The fourth-order valence-corrected chi connectivity index (χ4v) is 3.26. The number of aryl methyl sites for hydroxylation is 1. The molecule has 27 heavy (non-hydrogen) atoms. The van der Waals surface area contributed by atoms with Gasteiger partial charge in [0.15, 0.2) is 0 Å². The highest BCUT2D eigenvalue weighted by atomic mass is 16.2. The van der Waals surface area contributed by atoms with E-state index >= 15 is 0 Å². The van der Waals surface area contributed by atoms with Crippen LogP contribution in [0.3, 0.4) is 0 Å². The minimum Gasteiger partial charge on any atom is -0.350 e. The van der Waals surface area contributed by atoms with Crippen LogP contribution >= 0.6 is 0 Å². The predicted molar refractivity (Wildman–Crippen MR) is 106 cm³/mol. The van der Waals surface area contributed by atoms with E-state index in [0.29, 0.717) is 30.6 Å². The van der Waals surface area contributed by atoms with Crippen molar-refractivity contribution in [3.05, 3.63) is 29.3 Å². The first kappa shape index (κ1) is 20.9. The highest BCUT2D eigenvalue weighted by Crippen LogP contribution is 2.22. The average Bonchev–Trinajstić information content (AvgIpc) is 2.61. The van der Waals surface area contributed by atoms with E-state index in [1.165, 1.54) is 0 Å². The maximum Gasteiger partial charge on any atom is 0.234 e. The van der Waals surface area contributed by atoms with E-state index in [1.807, 2.05) is 39.8 Å². The Balaban J connectivity index is 1.87. The summed E-state index contributed by atoms with van der Waals surface area (Å²) >= 11 is 0. The molecule has 2 N–H and O–H groups in total. The number of amides is 2. The fraction of sp³-hybridized carbons (Fsp3) is 0.571. The van der Waals surface area contributed by atoms with Crippen molar-refractivity contribution in [2.24, 2.45) is 5.92 Å². The topological polar surface area (TPSA) is 85.2 Å². The van der Waals surface area contributed by atoms with Gasteiger partial charge in [0, 0.05) is 11.5 Å². The third-order valence-electron chi connectivity index (χ3n) is 4.71. The third-order valence-corrected chi connectivity index (χ3v) is 4.71. The van der Waals surface area contributed by atoms with E-state index in [0.717, 1.165) is 25.1 Å². The van der Waals surface area contributed by atoms with Crippen molar-refractivity contribution in [3.8, 4) is 6.07 Å². The van der Waals surface area contributed by atoms with Gasteiger partial charge >= 0.3 is 0 Å². The van der Waals surface area contributed by atoms with Gasteiger partial charge in [0.2, 0.25) is 11.8 Å². The van der Waals surface area contributed by atoms with E-state index in [9.17, 15) is 14.9 Å². The molecule has 1 heterocycles. The maximum atomic E-state index is 12.6. The van der Waals surface area contributed by atoms with Gasteiger partial charge in [-0.1, -0.05) is 13.0 Å².